The first kappa shape index (κ1) is 22.4. The number of carbonyl (C=O) groups excluding carboxylic acids is 1. The van der Waals surface area contributed by atoms with E-state index in [4.69, 9.17) is 0 Å². The van der Waals surface area contributed by atoms with Gasteiger partial charge in [-0.25, -0.2) is 9.18 Å². The minimum absolute atomic E-state index is 0.0532. The second-order valence-electron chi connectivity index (χ2n) is 7.31. The van der Waals surface area contributed by atoms with Gasteiger partial charge >= 0.3 is 5.97 Å². The van der Waals surface area contributed by atoms with Crippen molar-refractivity contribution in [1.82, 2.24) is 4.98 Å². The van der Waals surface area contributed by atoms with Crippen LogP contribution in [0.15, 0.2) is 64.6 Å². The Hall–Kier alpha value is -2.84. The number of aryl methyl sites for hydroxylation is 1. The van der Waals surface area contributed by atoms with Crippen LogP contribution in [0, 0.1) is 12.7 Å². The zero-order valence-electron chi connectivity index (χ0n) is 17.5. The van der Waals surface area contributed by atoms with Crippen molar-refractivity contribution >= 4 is 41.1 Å². The van der Waals surface area contributed by atoms with Gasteiger partial charge in [-0.1, -0.05) is 30.8 Å². The highest BCUT2D eigenvalue weighted by Crippen LogP contribution is 2.47. The summed E-state index contributed by atoms with van der Waals surface area (Å²) in [4.78, 5) is 32.4. The van der Waals surface area contributed by atoms with Crippen molar-refractivity contribution in [3.8, 4) is 0 Å². The molecule has 2 heterocycles. The minimum atomic E-state index is -1.02. The van der Waals surface area contributed by atoms with E-state index in [0.29, 0.717) is 17.1 Å². The van der Waals surface area contributed by atoms with Crippen LogP contribution < -0.4 is 4.90 Å². The zero-order chi connectivity index (χ0) is 22.8. The number of hydrogen-bond donors (Lipinski definition) is 1. The molecule has 1 fully saturated rings. The number of pyridine rings is 1. The average molecular weight is 469 g/mol. The van der Waals surface area contributed by atoms with Crippen molar-refractivity contribution in [1.29, 1.82) is 0 Å². The van der Waals surface area contributed by atoms with E-state index in [9.17, 15) is 19.1 Å². The summed E-state index contributed by atoms with van der Waals surface area (Å²) in [6.45, 7) is 3.80. The third-order valence-electron chi connectivity index (χ3n) is 5.29. The Bertz CT molecular complexity index is 1170. The van der Waals surface area contributed by atoms with Gasteiger partial charge in [-0.3, -0.25) is 14.7 Å². The van der Waals surface area contributed by atoms with Crippen molar-refractivity contribution in [3.63, 3.8) is 0 Å². The third kappa shape index (κ3) is 4.25. The van der Waals surface area contributed by atoms with E-state index in [-0.39, 0.29) is 22.7 Å². The molecule has 8 heteroatoms. The van der Waals surface area contributed by atoms with Gasteiger partial charge in [-0.15, -0.1) is 11.8 Å². The maximum atomic E-state index is 13.5. The van der Waals surface area contributed by atoms with Gasteiger partial charge in [0.25, 0.3) is 0 Å². The number of aromatic nitrogens is 1. The van der Waals surface area contributed by atoms with Crippen LogP contribution in [0.4, 0.5) is 10.1 Å². The molecule has 4 rings (SSSR count). The van der Waals surface area contributed by atoms with Gasteiger partial charge in [0.2, 0.25) is 5.91 Å². The van der Waals surface area contributed by atoms with E-state index < -0.39 is 5.97 Å². The lowest BCUT2D eigenvalue weighted by Gasteiger charge is -2.29. The molecule has 1 atom stereocenters. The summed E-state index contributed by atoms with van der Waals surface area (Å²) in [5.41, 5.74) is 3.28. The topological polar surface area (TPSA) is 70.5 Å². The summed E-state index contributed by atoms with van der Waals surface area (Å²) in [6.07, 6.45) is 3.91. The Morgan fingerprint density at radius 2 is 2.06 bits per heavy atom. The predicted molar refractivity (Wildman–Crippen MR) is 125 cm³/mol. The molecule has 3 aromatic rings. The second kappa shape index (κ2) is 9.34. The van der Waals surface area contributed by atoms with Crippen molar-refractivity contribution in [3.05, 3.63) is 82.9 Å². The summed E-state index contributed by atoms with van der Waals surface area (Å²) < 4.78 is 13.5. The number of carbonyl (C=O) groups is 2. The molecule has 1 aromatic heterocycles. The summed E-state index contributed by atoms with van der Waals surface area (Å²) in [7, 11) is 0. The average Bonchev–Trinajstić information content (AvgIpc) is 3.16. The number of carboxylic acids is 1. The molecule has 0 spiro atoms. The zero-order valence-corrected chi connectivity index (χ0v) is 19.2. The van der Waals surface area contributed by atoms with E-state index in [2.05, 4.69) is 4.98 Å². The molecule has 0 aliphatic carbocycles. The highest BCUT2D eigenvalue weighted by atomic mass is 32.2. The number of hydrogen-bond acceptors (Lipinski definition) is 5. The van der Waals surface area contributed by atoms with Gasteiger partial charge < -0.3 is 5.11 Å². The maximum Gasteiger partial charge on any atom is 0.336 e. The molecular formula is C24H21FN2O3S2. The van der Waals surface area contributed by atoms with E-state index in [1.807, 2.05) is 19.9 Å². The molecule has 1 N–H and O–H groups in total. The summed E-state index contributed by atoms with van der Waals surface area (Å²) >= 11 is 2.81. The monoisotopic (exact) mass is 468 g/mol. The molecule has 0 bridgehead atoms. The predicted octanol–water partition coefficient (Wildman–Crippen LogP) is 5.72. The number of aromatic carboxylic acids is 1. The van der Waals surface area contributed by atoms with Gasteiger partial charge in [-0.2, -0.15) is 0 Å². The van der Waals surface area contributed by atoms with Crippen LogP contribution in [-0.2, 0) is 11.2 Å². The van der Waals surface area contributed by atoms with Gasteiger partial charge in [-0.05, 0) is 60.4 Å². The van der Waals surface area contributed by atoms with Crippen LogP contribution in [0.3, 0.4) is 0 Å². The molecule has 5 nitrogen and oxygen atoms in total. The van der Waals surface area contributed by atoms with E-state index >= 15 is 0 Å². The van der Waals surface area contributed by atoms with E-state index in [1.165, 1.54) is 35.7 Å². The molecule has 2 aromatic carbocycles. The van der Waals surface area contributed by atoms with Crippen molar-refractivity contribution < 1.29 is 19.1 Å². The number of rotatable bonds is 6. The molecule has 0 saturated carbocycles. The minimum Gasteiger partial charge on any atom is -0.478 e. The van der Waals surface area contributed by atoms with E-state index in [0.717, 1.165) is 27.3 Å². The van der Waals surface area contributed by atoms with Crippen LogP contribution in [0.1, 0.15) is 39.3 Å². The lowest BCUT2D eigenvalue weighted by molar-refractivity contribution is -0.115. The lowest BCUT2D eigenvalue weighted by Crippen LogP contribution is -2.30. The number of benzene rings is 2. The van der Waals surface area contributed by atoms with Gasteiger partial charge in [0, 0.05) is 22.2 Å². The largest absolute Gasteiger partial charge is 0.478 e. The Labute approximate surface area is 194 Å². The Morgan fingerprint density at radius 1 is 1.31 bits per heavy atom. The number of amides is 1. The Morgan fingerprint density at radius 3 is 2.69 bits per heavy atom. The molecule has 1 aliphatic rings. The molecule has 164 valence electrons. The highest BCUT2D eigenvalue weighted by molar-refractivity contribution is 8.00. The van der Waals surface area contributed by atoms with Crippen molar-refractivity contribution in [2.45, 2.75) is 35.4 Å². The number of thioether (sulfide) groups is 1. The SMILES string of the molecule is CCc1cc(C(=O)O)c(Sc2cccnc2)c(C)c1N1C(=O)CSC1c1ccc(F)cc1. The number of halogens is 1. The normalized spacial score (nSPS) is 15.9. The molecule has 32 heavy (non-hydrogen) atoms. The third-order valence-corrected chi connectivity index (χ3v) is 7.71. The molecule has 1 unspecified atom stereocenters. The number of anilines is 1. The first-order valence-corrected chi connectivity index (χ1v) is 11.9. The summed E-state index contributed by atoms with van der Waals surface area (Å²) in [6, 6.07) is 11.5. The van der Waals surface area contributed by atoms with E-state index in [1.54, 1.807) is 41.6 Å². The van der Waals surface area contributed by atoms with Crippen LogP contribution in [0.25, 0.3) is 0 Å². The highest BCUT2D eigenvalue weighted by Gasteiger charge is 2.37. The van der Waals surface area contributed by atoms with Crippen LogP contribution in [0.2, 0.25) is 0 Å². The Balaban J connectivity index is 1.88. The first-order chi connectivity index (χ1) is 15.4. The molecular weight excluding hydrogens is 447 g/mol. The summed E-state index contributed by atoms with van der Waals surface area (Å²) in [5.74, 6) is -1.10. The smallest absolute Gasteiger partial charge is 0.336 e. The molecule has 1 saturated heterocycles. The lowest BCUT2D eigenvalue weighted by atomic mass is 9.99. The quantitative estimate of drug-likeness (QED) is 0.499. The van der Waals surface area contributed by atoms with Crippen LogP contribution >= 0.6 is 23.5 Å². The maximum absolute atomic E-state index is 13.5. The van der Waals surface area contributed by atoms with Gasteiger partial charge in [0.1, 0.15) is 11.2 Å². The van der Waals surface area contributed by atoms with Gasteiger partial charge in [0.05, 0.1) is 17.0 Å². The summed E-state index contributed by atoms with van der Waals surface area (Å²) in [5, 5.41) is 9.60. The van der Waals surface area contributed by atoms with Crippen LogP contribution in [-0.4, -0.2) is 27.7 Å². The fraction of sp³-hybridized carbons (Fsp3) is 0.208. The number of nitrogens with zero attached hydrogens (tertiary/aromatic N) is 2. The standard InChI is InChI=1S/C24H21FN2O3S2/c1-3-15-11-19(24(29)30)22(32-18-5-4-10-26-12-18)14(2)21(15)27-20(28)13-31-23(27)16-6-8-17(25)9-7-16/h4-12,23H,3,13H2,1-2H3,(H,29,30). The second-order valence-corrected chi connectivity index (χ2v) is 9.47. The van der Waals surface area contributed by atoms with Crippen LogP contribution in [0.5, 0.6) is 0 Å². The van der Waals surface area contributed by atoms with Crippen molar-refractivity contribution in [2.75, 3.05) is 10.7 Å². The Kier molecular flexibility index (Phi) is 6.53. The fourth-order valence-electron chi connectivity index (χ4n) is 3.82. The number of carboxylic acid groups (broad SMARTS) is 1. The fourth-order valence-corrected chi connectivity index (χ4v) is 5.98. The van der Waals surface area contributed by atoms with Crippen molar-refractivity contribution in [2.24, 2.45) is 0 Å². The molecule has 1 aliphatic heterocycles. The molecule has 1 amide bonds. The first-order valence-electron chi connectivity index (χ1n) is 10.1. The molecule has 0 radical (unpaired) electrons. The van der Waals surface area contributed by atoms with Gasteiger partial charge in [0.15, 0.2) is 0 Å².